The minimum absolute atomic E-state index is 0.259. The van der Waals surface area contributed by atoms with Gasteiger partial charge in [-0.05, 0) is 24.7 Å². The molecule has 7 heteroatoms. The first-order valence-corrected chi connectivity index (χ1v) is 7.98. The quantitative estimate of drug-likeness (QED) is 0.701. The Kier molecular flexibility index (Phi) is 6.32. The molecule has 1 aromatic carbocycles. The highest BCUT2D eigenvalue weighted by Crippen LogP contribution is 2.15. The number of methoxy groups -OCH3 is 1. The third-order valence-corrected chi connectivity index (χ3v) is 4.87. The van der Waals surface area contributed by atoms with Crippen LogP contribution < -0.4 is 0 Å². The van der Waals surface area contributed by atoms with Crippen LogP contribution in [-0.4, -0.2) is 58.4 Å². The number of esters is 1. The summed E-state index contributed by atoms with van der Waals surface area (Å²) in [5.41, 5.74) is 0.880. The van der Waals surface area contributed by atoms with Crippen LogP contribution in [-0.2, 0) is 26.1 Å². The Bertz CT molecular complexity index is 584. The van der Waals surface area contributed by atoms with Crippen LogP contribution in [0.1, 0.15) is 12.0 Å². The molecule has 0 radical (unpaired) electrons. The average Bonchev–Trinajstić information content (AvgIpc) is 2.44. The second-order valence-corrected chi connectivity index (χ2v) is 7.15. The summed E-state index contributed by atoms with van der Waals surface area (Å²) in [6.07, 6.45) is 0.308. The van der Waals surface area contributed by atoms with Crippen LogP contribution >= 0.6 is 0 Å². The summed E-state index contributed by atoms with van der Waals surface area (Å²) in [6.45, 7) is 1.12. The standard InChI is InChI=1S/C14H22N2O4S/c1-15(2)21(18,19)13-7-5-6-12(10-13)11-16(3)9-8-14(17)20-4/h5-7,10H,8-9,11H2,1-4H3. The van der Waals surface area contributed by atoms with E-state index in [-0.39, 0.29) is 10.9 Å². The number of rotatable bonds is 7. The molecule has 0 spiro atoms. The molecule has 0 aliphatic carbocycles. The normalized spacial score (nSPS) is 11.9. The van der Waals surface area contributed by atoms with E-state index in [0.29, 0.717) is 19.5 Å². The summed E-state index contributed by atoms with van der Waals surface area (Å²) >= 11 is 0. The molecule has 0 atom stereocenters. The molecule has 1 rings (SSSR count). The van der Waals surface area contributed by atoms with E-state index in [1.807, 2.05) is 18.0 Å². The lowest BCUT2D eigenvalue weighted by Crippen LogP contribution is -2.23. The van der Waals surface area contributed by atoms with Crippen LogP contribution in [0, 0.1) is 0 Å². The highest BCUT2D eigenvalue weighted by atomic mass is 32.2. The molecule has 21 heavy (non-hydrogen) atoms. The van der Waals surface area contributed by atoms with Crippen LogP contribution in [0.25, 0.3) is 0 Å². The number of hydrogen-bond acceptors (Lipinski definition) is 5. The van der Waals surface area contributed by atoms with Crippen molar-refractivity contribution >= 4 is 16.0 Å². The number of benzene rings is 1. The van der Waals surface area contributed by atoms with Crippen molar-refractivity contribution in [3.63, 3.8) is 0 Å². The molecule has 0 aromatic heterocycles. The second kappa shape index (κ2) is 7.53. The van der Waals surface area contributed by atoms with Crippen molar-refractivity contribution in [2.45, 2.75) is 17.9 Å². The van der Waals surface area contributed by atoms with Gasteiger partial charge in [-0.2, -0.15) is 0 Å². The topological polar surface area (TPSA) is 66.9 Å². The van der Waals surface area contributed by atoms with Gasteiger partial charge in [0.25, 0.3) is 0 Å². The molecule has 0 unspecified atom stereocenters. The number of ether oxygens (including phenoxy) is 1. The Morgan fingerprint density at radius 1 is 1.24 bits per heavy atom. The highest BCUT2D eigenvalue weighted by Gasteiger charge is 2.17. The van der Waals surface area contributed by atoms with Crippen molar-refractivity contribution in [1.29, 1.82) is 0 Å². The zero-order valence-electron chi connectivity index (χ0n) is 12.9. The monoisotopic (exact) mass is 314 g/mol. The zero-order valence-corrected chi connectivity index (χ0v) is 13.7. The first-order chi connectivity index (χ1) is 9.77. The first-order valence-electron chi connectivity index (χ1n) is 6.54. The fraction of sp³-hybridized carbons (Fsp3) is 0.500. The van der Waals surface area contributed by atoms with Gasteiger partial charge >= 0.3 is 5.97 Å². The van der Waals surface area contributed by atoms with Gasteiger partial charge in [-0.1, -0.05) is 12.1 Å². The van der Waals surface area contributed by atoms with Crippen LogP contribution in [0.3, 0.4) is 0 Å². The first kappa shape index (κ1) is 17.6. The SMILES string of the molecule is COC(=O)CCN(C)Cc1cccc(S(=O)(=O)N(C)C)c1. The number of sulfonamides is 1. The molecule has 0 fully saturated rings. The van der Waals surface area contributed by atoms with Crippen molar-refractivity contribution in [2.24, 2.45) is 0 Å². The van der Waals surface area contributed by atoms with E-state index >= 15 is 0 Å². The Labute approximate surface area is 126 Å². The Morgan fingerprint density at radius 3 is 2.48 bits per heavy atom. The minimum atomic E-state index is -3.42. The van der Waals surface area contributed by atoms with Gasteiger partial charge in [-0.3, -0.25) is 4.79 Å². The van der Waals surface area contributed by atoms with E-state index in [2.05, 4.69) is 4.74 Å². The minimum Gasteiger partial charge on any atom is -0.469 e. The average molecular weight is 314 g/mol. The summed E-state index contributed by atoms with van der Waals surface area (Å²) in [5.74, 6) is -0.259. The van der Waals surface area contributed by atoms with Crippen LogP contribution in [0.4, 0.5) is 0 Å². The maximum atomic E-state index is 12.1. The van der Waals surface area contributed by atoms with E-state index in [0.717, 1.165) is 5.56 Å². The Hall–Kier alpha value is -1.44. The molecule has 0 bridgehead atoms. The molecule has 1 aromatic rings. The third kappa shape index (κ3) is 5.11. The van der Waals surface area contributed by atoms with E-state index in [1.54, 1.807) is 18.2 Å². The van der Waals surface area contributed by atoms with Gasteiger partial charge in [-0.15, -0.1) is 0 Å². The van der Waals surface area contributed by atoms with Crippen molar-refractivity contribution in [2.75, 3.05) is 34.8 Å². The maximum absolute atomic E-state index is 12.1. The number of carbonyl (C=O) groups is 1. The van der Waals surface area contributed by atoms with Gasteiger partial charge < -0.3 is 9.64 Å². The van der Waals surface area contributed by atoms with E-state index in [1.165, 1.54) is 25.5 Å². The lowest BCUT2D eigenvalue weighted by Gasteiger charge is -2.17. The lowest BCUT2D eigenvalue weighted by molar-refractivity contribution is -0.140. The van der Waals surface area contributed by atoms with Crippen molar-refractivity contribution in [3.8, 4) is 0 Å². The highest BCUT2D eigenvalue weighted by molar-refractivity contribution is 7.89. The predicted octanol–water partition coefficient (Wildman–Crippen LogP) is 0.932. The van der Waals surface area contributed by atoms with Gasteiger partial charge in [-0.25, -0.2) is 12.7 Å². The Balaban J connectivity index is 2.75. The summed E-state index contributed by atoms with van der Waals surface area (Å²) in [6, 6.07) is 6.82. The van der Waals surface area contributed by atoms with Crippen molar-refractivity contribution < 1.29 is 17.9 Å². The van der Waals surface area contributed by atoms with Gasteiger partial charge in [0.2, 0.25) is 10.0 Å². The summed E-state index contributed by atoms with van der Waals surface area (Å²) in [7, 11) is 2.81. The van der Waals surface area contributed by atoms with Gasteiger partial charge in [0.15, 0.2) is 0 Å². The van der Waals surface area contributed by atoms with Crippen LogP contribution in [0.2, 0.25) is 0 Å². The molecule has 0 heterocycles. The zero-order chi connectivity index (χ0) is 16.0. The smallest absolute Gasteiger partial charge is 0.306 e. The summed E-state index contributed by atoms with van der Waals surface area (Å²) in [4.78, 5) is 13.3. The largest absolute Gasteiger partial charge is 0.469 e. The summed E-state index contributed by atoms with van der Waals surface area (Å²) in [5, 5.41) is 0. The molecule has 118 valence electrons. The molecule has 0 saturated carbocycles. The third-order valence-electron chi connectivity index (χ3n) is 3.05. The number of carbonyl (C=O) groups excluding carboxylic acids is 1. The molecule has 0 aliphatic rings. The molecule has 0 saturated heterocycles. The fourth-order valence-electron chi connectivity index (χ4n) is 1.79. The predicted molar refractivity (Wildman–Crippen MR) is 80.3 cm³/mol. The maximum Gasteiger partial charge on any atom is 0.306 e. The van der Waals surface area contributed by atoms with Crippen LogP contribution in [0.15, 0.2) is 29.2 Å². The van der Waals surface area contributed by atoms with E-state index < -0.39 is 10.0 Å². The number of nitrogens with zero attached hydrogens (tertiary/aromatic N) is 2. The van der Waals surface area contributed by atoms with Gasteiger partial charge in [0.05, 0.1) is 18.4 Å². The van der Waals surface area contributed by atoms with Gasteiger partial charge in [0, 0.05) is 27.2 Å². The van der Waals surface area contributed by atoms with Gasteiger partial charge in [0.1, 0.15) is 0 Å². The van der Waals surface area contributed by atoms with Crippen molar-refractivity contribution in [1.82, 2.24) is 9.21 Å². The van der Waals surface area contributed by atoms with E-state index in [9.17, 15) is 13.2 Å². The van der Waals surface area contributed by atoms with E-state index in [4.69, 9.17) is 0 Å². The second-order valence-electron chi connectivity index (χ2n) is 5.00. The molecule has 0 aliphatic heterocycles. The van der Waals surface area contributed by atoms with Crippen LogP contribution in [0.5, 0.6) is 0 Å². The molecule has 0 N–H and O–H groups in total. The lowest BCUT2D eigenvalue weighted by atomic mass is 10.2. The molecule has 0 amide bonds. The number of hydrogen-bond donors (Lipinski definition) is 0. The summed E-state index contributed by atoms with van der Waals surface area (Å²) < 4.78 is 29.9. The molecular weight excluding hydrogens is 292 g/mol. The molecule has 6 nitrogen and oxygen atoms in total. The Morgan fingerprint density at radius 2 is 1.90 bits per heavy atom. The fourth-order valence-corrected chi connectivity index (χ4v) is 2.76. The van der Waals surface area contributed by atoms with Crippen molar-refractivity contribution in [3.05, 3.63) is 29.8 Å². The molecular formula is C14H22N2O4S.